The van der Waals surface area contributed by atoms with Gasteiger partial charge in [0.15, 0.2) is 0 Å². The van der Waals surface area contributed by atoms with Crippen LogP contribution in [0, 0.1) is 11.8 Å². The topological polar surface area (TPSA) is 81.0 Å². The number of ether oxygens (including phenoxy) is 1. The van der Waals surface area contributed by atoms with Crippen molar-refractivity contribution in [2.75, 3.05) is 7.11 Å². The van der Waals surface area contributed by atoms with Gasteiger partial charge in [-0.05, 0) is 86.1 Å². The average molecular weight is 392 g/mol. The van der Waals surface area contributed by atoms with Gasteiger partial charge < -0.3 is 15.5 Å². The summed E-state index contributed by atoms with van der Waals surface area (Å²) in [6.45, 7) is 2.08. The van der Waals surface area contributed by atoms with Crippen LogP contribution in [0.25, 0.3) is 22.3 Å². The van der Waals surface area contributed by atoms with Crippen molar-refractivity contribution in [3.8, 4) is 17.0 Å². The summed E-state index contributed by atoms with van der Waals surface area (Å²) in [5, 5.41) is 1.02. The van der Waals surface area contributed by atoms with Crippen molar-refractivity contribution < 1.29 is 9.53 Å². The third-order valence-electron chi connectivity index (χ3n) is 6.36. The smallest absolute Gasteiger partial charge is 0.140 e. The summed E-state index contributed by atoms with van der Waals surface area (Å²) in [6.07, 6.45) is 6.29. The quantitative estimate of drug-likeness (QED) is 0.648. The van der Waals surface area contributed by atoms with Gasteiger partial charge in [0.05, 0.1) is 7.11 Å². The van der Waals surface area contributed by atoms with E-state index in [-0.39, 0.29) is 12.0 Å². The molecule has 1 saturated carbocycles. The summed E-state index contributed by atoms with van der Waals surface area (Å²) in [4.78, 5) is 20.8. The highest BCUT2D eigenvalue weighted by Gasteiger charge is 2.28. The van der Waals surface area contributed by atoms with Crippen molar-refractivity contribution in [3.63, 3.8) is 0 Å². The second-order valence-corrected chi connectivity index (χ2v) is 8.26. The molecular formula is C24H29N3O2. The molecule has 0 amide bonds. The van der Waals surface area contributed by atoms with Crippen LogP contribution in [0.3, 0.4) is 0 Å². The van der Waals surface area contributed by atoms with Gasteiger partial charge in [-0.2, -0.15) is 0 Å². The van der Waals surface area contributed by atoms with Crippen LogP contribution < -0.4 is 10.5 Å². The molecule has 0 spiro atoms. The number of hydrogen-bond acceptors (Lipinski definition) is 4. The standard InChI is InChI=1S/C24H29N3O2/c1-15(25)16-3-5-18(6-4-16)23(28)13-19-11-12-26-24-21(19)14-22(27-24)17-7-9-20(29-2)10-8-17/h7-12,14-16,18H,3-6,13,25H2,1-2H3,(H,26,27). The number of pyridine rings is 1. The lowest BCUT2D eigenvalue weighted by Crippen LogP contribution is -2.32. The number of nitrogens with two attached hydrogens (primary N) is 1. The molecule has 1 aliphatic carbocycles. The van der Waals surface area contributed by atoms with E-state index in [1.54, 1.807) is 13.3 Å². The number of carbonyl (C=O) groups is 1. The molecule has 1 atom stereocenters. The first-order chi connectivity index (χ1) is 14.0. The van der Waals surface area contributed by atoms with E-state index in [1.807, 2.05) is 30.3 Å². The van der Waals surface area contributed by atoms with Gasteiger partial charge in [0.25, 0.3) is 0 Å². The zero-order valence-electron chi connectivity index (χ0n) is 17.2. The van der Waals surface area contributed by atoms with E-state index in [0.717, 1.165) is 59.3 Å². The molecule has 2 heterocycles. The Bertz CT molecular complexity index is 983. The first kappa shape index (κ1) is 19.6. The van der Waals surface area contributed by atoms with E-state index in [1.165, 1.54) is 0 Å². The van der Waals surface area contributed by atoms with Crippen LogP contribution in [0.2, 0.25) is 0 Å². The Morgan fingerprint density at radius 3 is 2.59 bits per heavy atom. The van der Waals surface area contributed by atoms with Crippen LogP contribution in [0.15, 0.2) is 42.6 Å². The highest BCUT2D eigenvalue weighted by molar-refractivity contribution is 5.91. The number of aromatic amines is 1. The largest absolute Gasteiger partial charge is 0.497 e. The van der Waals surface area contributed by atoms with Crippen LogP contribution >= 0.6 is 0 Å². The minimum Gasteiger partial charge on any atom is -0.497 e. The molecule has 0 radical (unpaired) electrons. The third-order valence-corrected chi connectivity index (χ3v) is 6.36. The molecule has 3 N–H and O–H groups in total. The van der Waals surface area contributed by atoms with Crippen molar-refractivity contribution in [1.29, 1.82) is 0 Å². The van der Waals surface area contributed by atoms with Crippen molar-refractivity contribution in [2.45, 2.75) is 45.1 Å². The minimum atomic E-state index is 0.160. The molecule has 5 heteroatoms. The van der Waals surface area contributed by atoms with Gasteiger partial charge in [0.1, 0.15) is 17.2 Å². The molecule has 0 bridgehead atoms. The lowest BCUT2D eigenvalue weighted by atomic mass is 9.76. The fraction of sp³-hybridized carbons (Fsp3) is 0.417. The lowest BCUT2D eigenvalue weighted by molar-refractivity contribution is -0.123. The zero-order valence-corrected chi connectivity index (χ0v) is 17.2. The van der Waals surface area contributed by atoms with Gasteiger partial charge in [0.2, 0.25) is 0 Å². The fourth-order valence-electron chi connectivity index (χ4n) is 4.46. The molecule has 0 saturated heterocycles. The number of nitrogens with one attached hydrogen (secondary N) is 1. The summed E-state index contributed by atoms with van der Waals surface area (Å²) in [6, 6.07) is 12.2. The van der Waals surface area contributed by atoms with Crippen molar-refractivity contribution >= 4 is 16.8 Å². The number of aromatic nitrogens is 2. The molecule has 4 rings (SSSR count). The van der Waals surface area contributed by atoms with Gasteiger partial charge in [-0.15, -0.1) is 0 Å². The maximum Gasteiger partial charge on any atom is 0.140 e. The highest BCUT2D eigenvalue weighted by Crippen LogP contribution is 2.32. The van der Waals surface area contributed by atoms with E-state index in [9.17, 15) is 4.79 Å². The van der Waals surface area contributed by atoms with Crippen LogP contribution in [0.1, 0.15) is 38.2 Å². The first-order valence-corrected chi connectivity index (χ1v) is 10.4. The molecule has 1 unspecified atom stereocenters. The van der Waals surface area contributed by atoms with Gasteiger partial charge in [-0.1, -0.05) is 0 Å². The van der Waals surface area contributed by atoms with Crippen molar-refractivity contribution in [3.05, 3.63) is 48.2 Å². The van der Waals surface area contributed by atoms with Gasteiger partial charge in [-0.25, -0.2) is 4.98 Å². The Hall–Kier alpha value is -2.66. The Kier molecular flexibility index (Phi) is 5.67. The first-order valence-electron chi connectivity index (χ1n) is 10.4. The molecule has 29 heavy (non-hydrogen) atoms. The average Bonchev–Trinajstić information content (AvgIpc) is 3.19. The number of ketones is 1. The number of nitrogens with zero attached hydrogens (tertiary/aromatic N) is 1. The van der Waals surface area contributed by atoms with Crippen LogP contribution in [-0.4, -0.2) is 28.9 Å². The van der Waals surface area contributed by atoms with E-state index in [0.29, 0.717) is 18.1 Å². The van der Waals surface area contributed by atoms with Crippen LogP contribution in [-0.2, 0) is 11.2 Å². The predicted molar refractivity (Wildman–Crippen MR) is 116 cm³/mol. The van der Waals surface area contributed by atoms with E-state index in [2.05, 4.69) is 23.0 Å². The molecular weight excluding hydrogens is 362 g/mol. The molecule has 2 aromatic heterocycles. The summed E-state index contributed by atoms with van der Waals surface area (Å²) in [5.74, 6) is 1.89. The van der Waals surface area contributed by atoms with E-state index >= 15 is 0 Å². The fourth-order valence-corrected chi connectivity index (χ4v) is 4.46. The maximum atomic E-state index is 13.0. The maximum absolute atomic E-state index is 13.0. The monoisotopic (exact) mass is 391 g/mol. The molecule has 1 aromatic carbocycles. The molecule has 152 valence electrons. The normalized spacial score (nSPS) is 20.5. The van der Waals surface area contributed by atoms with E-state index < -0.39 is 0 Å². The number of Topliss-reactive ketones (excluding diaryl/α,β-unsaturated/α-hetero) is 1. The third kappa shape index (κ3) is 4.20. The van der Waals surface area contributed by atoms with Crippen LogP contribution in [0.5, 0.6) is 5.75 Å². The zero-order chi connectivity index (χ0) is 20.4. The molecule has 0 aliphatic heterocycles. The number of hydrogen-bond donors (Lipinski definition) is 2. The molecule has 3 aromatic rings. The Labute approximate surface area is 171 Å². The second kappa shape index (κ2) is 8.37. The Morgan fingerprint density at radius 2 is 1.93 bits per heavy atom. The number of methoxy groups -OCH3 is 1. The molecule has 1 aliphatic rings. The summed E-state index contributed by atoms with van der Waals surface area (Å²) < 4.78 is 5.24. The van der Waals surface area contributed by atoms with Crippen molar-refractivity contribution in [2.24, 2.45) is 17.6 Å². The summed E-state index contributed by atoms with van der Waals surface area (Å²) in [5.41, 5.74) is 9.96. The summed E-state index contributed by atoms with van der Waals surface area (Å²) >= 11 is 0. The second-order valence-electron chi connectivity index (χ2n) is 8.26. The Balaban J connectivity index is 1.52. The SMILES string of the molecule is COc1ccc(-c2cc3c(CC(=O)C4CCC(C(C)N)CC4)ccnc3[nH]2)cc1. The summed E-state index contributed by atoms with van der Waals surface area (Å²) in [7, 11) is 1.66. The number of rotatable bonds is 6. The Morgan fingerprint density at radius 1 is 1.21 bits per heavy atom. The van der Waals surface area contributed by atoms with E-state index in [4.69, 9.17) is 10.5 Å². The predicted octanol–water partition coefficient (Wildman–Crippen LogP) is 4.50. The molecule has 5 nitrogen and oxygen atoms in total. The number of carbonyl (C=O) groups excluding carboxylic acids is 1. The van der Waals surface area contributed by atoms with Gasteiger partial charge >= 0.3 is 0 Å². The van der Waals surface area contributed by atoms with Crippen molar-refractivity contribution in [1.82, 2.24) is 9.97 Å². The minimum absolute atomic E-state index is 0.160. The van der Waals surface area contributed by atoms with Crippen LogP contribution in [0.4, 0.5) is 0 Å². The highest BCUT2D eigenvalue weighted by atomic mass is 16.5. The number of fused-ring (bicyclic) bond motifs is 1. The van der Waals surface area contributed by atoms with Gasteiger partial charge in [0, 0.05) is 35.7 Å². The molecule has 1 fully saturated rings. The number of H-pyrrole nitrogens is 1. The number of benzene rings is 1. The lowest BCUT2D eigenvalue weighted by Gasteiger charge is -2.30. The van der Waals surface area contributed by atoms with Gasteiger partial charge in [-0.3, -0.25) is 4.79 Å².